The van der Waals surface area contributed by atoms with Crippen LogP contribution in [0.4, 0.5) is 5.69 Å². The minimum atomic E-state index is -0.221. The van der Waals surface area contributed by atoms with Gasteiger partial charge in [-0.15, -0.1) is 0 Å². The average molecular weight is 287 g/mol. The normalized spacial score (nSPS) is 10.7. The highest BCUT2D eigenvalue weighted by atomic mass is 35.5. The Bertz CT molecular complexity index is 433. The second-order valence-electron chi connectivity index (χ2n) is 4.43. The van der Waals surface area contributed by atoms with Gasteiger partial charge in [-0.3, -0.25) is 4.79 Å². The van der Waals surface area contributed by atoms with Crippen molar-refractivity contribution in [2.24, 2.45) is 0 Å². The summed E-state index contributed by atoms with van der Waals surface area (Å²) in [6.07, 6.45) is 4.68. The molecule has 0 spiro atoms. The van der Waals surface area contributed by atoms with Gasteiger partial charge in [0.1, 0.15) is 5.02 Å². The molecule has 0 unspecified atom stereocenters. The SMILES string of the molecule is CCCCn1ncc(NCCNCCC)c(Cl)c1=O. The number of nitrogens with zero attached hydrogens (tertiary/aromatic N) is 2. The van der Waals surface area contributed by atoms with Crippen molar-refractivity contribution in [2.75, 3.05) is 25.0 Å². The van der Waals surface area contributed by atoms with Crippen molar-refractivity contribution in [3.8, 4) is 0 Å². The van der Waals surface area contributed by atoms with Gasteiger partial charge in [0.05, 0.1) is 11.9 Å². The molecule has 0 aliphatic heterocycles. The molecule has 0 aliphatic carbocycles. The van der Waals surface area contributed by atoms with Crippen LogP contribution >= 0.6 is 11.6 Å². The molecule has 19 heavy (non-hydrogen) atoms. The molecule has 5 nitrogen and oxygen atoms in total. The van der Waals surface area contributed by atoms with Gasteiger partial charge in [-0.1, -0.05) is 31.9 Å². The zero-order valence-corrected chi connectivity index (χ0v) is 12.5. The highest BCUT2D eigenvalue weighted by Gasteiger charge is 2.08. The van der Waals surface area contributed by atoms with E-state index in [9.17, 15) is 4.79 Å². The van der Waals surface area contributed by atoms with Crippen molar-refractivity contribution >= 4 is 17.3 Å². The highest BCUT2D eigenvalue weighted by Crippen LogP contribution is 2.14. The summed E-state index contributed by atoms with van der Waals surface area (Å²) in [5.41, 5.74) is 0.388. The quantitative estimate of drug-likeness (QED) is 0.683. The minimum Gasteiger partial charge on any atom is -0.381 e. The van der Waals surface area contributed by atoms with Crippen LogP contribution in [-0.4, -0.2) is 29.4 Å². The molecule has 1 rings (SSSR count). The molecular weight excluding hydrogens is 264 g/mol. The van der Waals surface area contributed by atoms with Crippen LogP contribution in [0.1, 0.15) is 33.1 Å². The van der Waals surface area contributed by atoms with E-state index < -0.39 is 0 Å². The van der Waals surface area contributed by atoms with Crippen molar-refractivity contribution in [1.29, 1.82) is 0 Å². The lowest BCUT2D eigenvalue weighted by atomic mass is 10.3. The van der Waals surface area contributed by atoms with Crippen LogP contribution in [0.2, 0.25) is 5.02 Å². The number of aromatic nitrogens is 2. The van der Waals surface area contributed by atoms with Crippen molar-refractivity contribution in [2.45, 2.75) is 39.7 Å². The van der Waals surface area contributed by atoms with Gasteiger partial charge in [0, 0.05) is 19.6 Å². The van der Waals surface area contributed by atoms with E-state index in [1.54, 1.807) is 6.20 Å². The largest absolute Gasteiger partial charge is 0.381 e. The lowest BCUT2D eigenvalue weighted by Crippen LogP contribution is -2.26. The highest BCUT2D eigenvalue weighted by molar-refractivity contribution is 6.32. The number of nitrogens with one attached hydrogen (secondary N) is 2. The monoisotopic (exact) mass is 286 g/mol. The summed E-state index contributed by atoms with van der Waals surface area (Å²) >= 11 is 6.06. The summed E-state index contributed by atoms with van der Waals surface area (Å²) in [6, 6.07) is 0. The fraction of sp³-hybridized carbons (Fsp3) is 0.692. The number of hydrogen-bond acceptors (Lipinski definition) is 4. The molecule has 0 fully saturated rings. The minimum absolute atomic E-state index is 0.221. The zero-order valence-electron chi connectivity index (χ0n) is 11.7. The molecule has 108 valence electrons. The summed E-state index contributed by atoms with van der Waals surface area (Å²) in [5.74, 6) is 0. The van der Waals surface area contributed by atoms with Gasteiger partial charge in [0.15, 0.2) is 0 Å². The van der Waals surface area contributed by atoms with Crippen LogP contribution in [0.3, 0.4) is 0 Å². The van der Waals surface area contributed by atoms with Crippen LogP contribution in [0.15, 0.2) is 11.0 Å². The Kier molecular flexibility index (Phi) is 7.52. The summed E-state index contributed by atoms with van der Waals surface area (Å²) in [7, 11) is 0. The maximum Gasteiger partial charge on any atom is 0.287 e. The van der Waals surface area contributed by atoms with Gasteiger partial charge in [-0.2, -0.15) is 5.10 Å². The first-order chi connectivity index (χ1) is 9.20. The fourth-order valence-corrected chi connectivity index (χ4v) is 1.86. The third-order valence-corrected chi connectivity index (χ3v) is 3.12. The fourth-order valence-electron chi connectivity index (χ4n) is 1.64. The molecule has 0 aromatic carbocycles. The van der Waals surface area contributed by atoms with Gasteiger partial charge < -0.3 is 10.6 Å². The Morgan fingerprint density at radius 3 is 2.74 bits per heavy atom. The molecule has 0 bridgehead atoms. The van der Waals surface area contributed by atoms with Crippen molar-refractivity contribution < 1.29 is 0 Å². The second-order valence-corrected chi connectivity index (χ2v) is 4.81. The van der Waals surface area contributed by atoms with Gasteiger partial charge in [0.2, 0.25) is 0 Å². The average Bonchev–Trinajstić information content (AvgIpc) is 2.42. The molecule has 0 atom stereocenters. The van der Waals surface area contributed by atoms with Gasteiger partial charge in [-0.05, 0) is 19.4 Å². The number of halogens is 1. The molecule has 0 saturated heterocycles. The Morgan fingerprint density at radius 1 is 1.26 bits per heavy atom. The first-order valence-corrected chi connectivity index (χ1v) is 7.28. The van der Waals surface area contributed by atoms with Crippen LogP contribution in [0, 0.1) is 0 Å². The summed E-state index contributed by atoms with van der Waals surface area (Å²) < 4.78 is 1.42. The molecule has 1 aromatic rings. The van der Waals surface area contributed by atoms with E-state index in [0.717, 1.165) is 38.9 Å². The van der Waals surface area contributed by atoms with Crippen LogP contribution in [0.5, 0.6) is 0 Å². The van der Waals surface area contributed by atoms with Gasteiger partial charge >= 0.3 is 0 Å². The van der Waals surface area contributed by atoms with Crippen molar-refractivity contribution in [3.63, 3.8) is 0 Å². The topological polar surface area (TPSA) is 59.0 Å². The van der Waals surface area contributed by atoms with E-state index in [1.165, 1.54) is 4.68 Å². The molecule has 1 heterocycles. The molecule has 1 aromatic heterocycles. The maximum atomic E-state index is 11.9. The molecule has 0 saturated carbocycles. The van der Waals surface area contributed by atoms with E-state index in [4.69, 9.17) is 11.6 Å². The number of anilines is 1. The molecule has 0 radical (unpaired) electrons. The van der Waals surface area contributed by atoms with Gasteiger partial charge in [0.25, 0.3) is 5.56 Å². The third-order valence-electron chi connectivity index (χ3n) is 2.75. The van der Waals surface area contributed by atoms with Crippen molar-refractivity contribution in [3.05, 3.63) is 21.6 Å². The Hall–Kier alpha value is -1.07. The standard InChI is InChI=1S/C13H23ClN4O/c1-3-5-9-18-13(19)12(14)11(10-17-18)16-8-7-15-6-4-2/h10,15-16H,3-9H2,1-2H3. The first kappa shape index (κ1) is 16.0. The molecule has 6 heteroatoms. The van der Waals surface area contributed by atoms with Crippen LogP contribution in [-0.2, 0) is 6.54 Å². The van der Waals surface area contributed by atoms with E-state index >= 15 is 0 Å². The lowest BCUT2D eigenvalue weighted by molar-refractivity contribution is 0.543. The zero-order chi connectivity index (χ0) is 14.1. The smallest absolute Gasteiger partial charge is 0.287 e. The maximum absolute atomic E-state index is 11.9. The summed E-state index contributed by atoms with van der Waals surface area (Å²) in [6.45, 7) is 7.37. The van der Waals surface area contributed by atoms with Crippen molar-refractivity contribution in [1.82, 2.24) is 15.1 Å². The summed E-state index contributed by atoms with van der Waals surface area (Å²) in [4.78, 5) is 11.9. The lowest BCUT2D eigenvalue weighted by Gasteiger charge is -2.10. The predicted molar refractivity (Wildman–Crippen MR) is 80.1 cm³/mol. The number of rotatable bonds is 9. The van der Waals surface area contributed by atoms with E-state index in [-0.39, 0.29) is 10.6 Å². The summed E-state index contributed by atoms with van der Waals surface area (Å²) in [5, 5.41) is 10.7. The van der Waals surface area contributed by atoms with Gasteiger partial charge in [-0.25, -0.2) is 4.68 Å². The second kappa shape index (κ2) is 8.93. The molecule has 0 aliphatic rings. The molecular formula is C13H23ClN4O. The van der Waals surface area contributed by atoms with E-state index in [0.29, 0.717) is 12.2 Å². The molecule has 0 amide bonds. The number of unbranched alkanes of at least 4 members (excludes halogenated alkanes) is 1. The van der Waals surface area contributed by atoms with E-state index in [1.807, 2.05) is 0 Å². The number of hydrogen-bond donors (Lipinski definition) is 2. The Balaban J connectivity index is 2.56. The Labute approximate surface area is 119 Å². The first-order valence-electron chi connectivity index (χ1n) is 6.90. The van der Waals surface area contributed by atoms with Crippen LogP contribution < -0.4 is 16.2 Å². The number of aryl methyl sites for hydroxylation is 1. The molecule has 2 N–H and O–H groups in total. The Morgan fingerprint density at radius 2 is 2.05 bits per heavy atom. The van der Waals surface area contributed by atoms with Crippen LogP contribution in [0.25, 0.3) is 0 Å². The predicted octanol–water partition coefficient (Wildman–Crippen LogP) is 2.11. The van der Waals surface area contributed by atoms with E-state index in [2.05, 4.69) is 29.6 Å². The third kappa shape index (κ3) is 5.20.